The molecule has 0 radical (unpaired) electrons. The van der Waals surface area contributed by atoms with Crippen molar-refractivity contribution in [2.45, 2.75) is 58.7 Å². The minimum absolute atomic E-state index is 0.0178. The number of aromatic nitrogens is 2. The van der Waals surface area contributed by atoms with E-state index in [-0.39, 0.29) is 24.3 Å². The van der Waals surface area contributed by atoms with Crippen molar-refractivity contribution in [2.24, 2.45) is 5.92 Å². The lowest BCUT2D eigenvalue weighted by Crippen LogP contribution is -2.35. The van der Waals surface area contributed by atoms with E-state index >= 15 is 0 Å². The molecule has 1 saturated heterocycles. The van der Waals surface area contributed by atoms with Crippen molar-refractivity contribution in [1.29, 1.82) is 0 Å². The number of aliphatic hydroxyl groups excluding tert-OH is 1. The van der Waals surface area contributed by atoms with Crippen LogP contribution < -0.4 is 0 Å². The van der Waals surface area contributed by atoms with Gasteiger partial charge in [0.15, 0.2) is 0 Å². The Labute approximate surface area is 143 Å². The summed E-state index contributed by atoms with van der Waals surface area (Å²) in [6.45, 7) is 7.58. The summed E-state index contributed by atoms with van der Waals surface area (Å²) in [7, 11) is 0. The second kappa shape index (κ2) is 6.93. The molecule has 0 spiro atoms. The molecule has 0 bridgehead atoms. The zero-order valence-corrected chi connectivity index (χ0v) is 14.8. The Morgan fingerprint density at radius 1 is 1.38 bits per heavy atom. The fourth-order valence-electron chi connectivity index (χ4n) is 3.55. The third kappa shape index (κ3) is 3.05. The van der Waals surface area contributed by atoms with Crippen molar-refractivity contribution in [1.82, 2.24) is 14.5 Å². The van der Waals surface area contributed by atoms with Crippen molar-refractivity contribution in [3.05, 3.63) is 30.1 Å². The van der Waals surface area contributed by atoms with Crippen LogP contribution >= 0.6 is 0 Å². The number of imidazole rings is 1. The number of fused-ring (bicyclic) bond motifs is 1. The zero-order chi connectivity index (χ0) is 17.3. The van der Waals surface area contributed by atoms with Crippen molar-refractivity contribution in [3.63, 3.8) is 0 Å². The largest absolute Gasteiger partial charge is 0.392 e. The summed E-state index contributed by atoms with van der Waals surface area (Å²) in [5.74, 6) is 1.10. The first-order valence-electron chi connectivity index (χ1n) is 8.95. The molecule has 2 unspecified atom stereocenters. The van der Waals surface area contributed by atoms with Gasteiger partial charge in [-0.1, -0.05) is 26.0 Å². The van der Waals surface area contributed by atoms with Gasteiger partial charge in [0.1, 0.15) is 5.82 Å². The van der Waals surface area contributed by atoms with E-state index in [1.807, 2.05) is 36.9 Å². The minimum atomic E-state index is -0.580. The second-order valence-corrected chi connectivity index (χ2v) is 6.96. The maximum atomic E-state index is 12.7. The Kier molecular flexibility index (Phi) is 4.90. The second-order valence-electron chi connectivity index (χ2n) is 6.96. The van der Waals surface area contributed by atoms with Crippen LogP contribution in [0.25, 0.3) is 11.0 Å². The number of carbonyl (C=O) groups is 1. The monoisotopic (exact) mass is 329 g/mol. The molecule has 2 atom stereocenters. The van der Waals surface area contributed by atoms with Crippen LogP contribution in [0.15, 0.2) is 24.3 Å². The smallest absolute Gasteiger partial charge is 0.225 e. The number of hydrogen-bond acceptors (Lipinski definition) is 3. The zero-order valence-electron chi connectivity index (χ0n) is 14.8. The normalized spacial score (nSPS) is 19.4. The van der Waals surface area contributed by atoms with Crippen LogP contribution in [0, 0.1) is 5.92 Å². The van der Waals surface area contributed by atoms with E-state index in [0.29, 0.717) is 0 Å². The lowest BCUT2D eigenvalue weighted by molar-refractivity contribution is -0.135. The first-order valence-corrected chi connectivity index (χ1v) is 8.95. The lowest BCUT2D eigenvalue weighted by Gasteiger charge is -2.26. The summed E-state index contributed by atoms with van der Waals surface area (Å²) in [5, 5.41) is 10.1. The van der Waals surface area contributed by atoms with Crippen LogP contribution in [0.3, 0.4) is 0 Å². The van der Waals surface area contributed by atoms with Gasteiger partial charge in [0, 0.05) is 13.1 Å². The topological polar surface area (TPSA) is 58.4 Å². The Hall–Kier alpha value is -1.88. The molecule has 1 aromatic heterocycles. The summed E-state index contributed by atoms with van der Waals surface area (Å²) >= 11 is 0. The van der Waals surface area contributed by atoms with Crippen LogP contribution in [0.4, 0.5) is 0 Å². The number of rotatable bonds is 5. The molecule has 3 rings (SSSR count). The SMILES string of the molecule is CCn1c(C2CCCN2C(=O)CC(O)C(C)C)nc2ccccc21. The van der Waals surface area contributed by atoms with Crippen LogP contribution in [0.2, 0.25) is 0 Å². The molecule has 0 saturated carbocycles. The van der Waals surface area contributed by atoms with E-state index in [2.05, 4.69) is 17.6 Å². The number of carbonyl (C=O) groups excluding carboxylic acids is 1. The summed E-state index contributed by atoms with van der Waals surface area (Å²) in [4.78, 5) is 19.4. The summed E-state index contributed by atoms with van der Waals surface area (Å²) in [5.41, 5.74) is 2.10. The highest BCUT2D eigenvalue weighted by molar-refractivity contribution is 5.79. The van der Waals surface area contributed by atoms with Crippen molar-refractivity contribution in [2.75, 3.05) is 6.54 Å². The lowest BCUT2D eigenvalue weighted by atomic mass is 10.0. The number of benzene rings is 1. The number of para-hydroxylation sites is 2. The molecule has 1 fully saturated rings. The Morgan fingerprint density at radius 2 is 2.12 bits per heavy atom. The van der Waals surface area contributed by atoms with Gasteiger partial charge >= 0.3 is 0 Å². The highest BCUT2D eigenvalue weighted by Crippen LogP contribution is 2.34. The molecule has 1 aliphatic heterocycles. The van der Waals surface area contributed by atoms with E-state index in [1.54, 1.807) is 0 Å². The molecule has 0 aliphatic carbocycles. The molecule has 5 nitrogen and oxygen atoms in total. The highest BCUT2D eigenvalue weighted by atomic mass is 16.3. The average Bonchev–Trinajstić information content (AvgIpc) is 3.18. The van der Waals surface area contributed by atoms with Gasteiger partial charge < -0.3 is 14.6 Å². The van der Waals surface area contributed by atoms with Crippen LogP contribution in [0.5, 0.6) is 0 Å². The molecule has 1 aliphatic rings. The fraction of sp³-hybridized carbons (Fsp3) is 0.579. The third-order valence-electron chi connectivity index (χ3n) is 5.02. The molecule has 24 heavy (non-hydrogen) atoms. The number of aliphatic hydroxyl groups is 1. The van der Waals surface area contributed by atoms with E-state index in [1.165, 1.54) is 0 Å². The summed E-state index contributed by atoms with van der Waals surface area (Å²) in [6.07, 6.45) is 1.54. The van der Waals surface area contributed by atoms with Crippen LogP contribution in [0.1, 0.15) is 51.9 Å². The number of nitrogens with zero attached hydrogens (tertiary/aromatic N) is 3. The molecule has 1 aromatic carbocycles. The Balaban J connectivity index is 1.89. The van der Waals surface area contributed by atoms with Gasteiger partial charge in [-0.05, 0) is 37.8 Å². The summed E-state index contributed by atoms with van der Waals surface area (Å²) in [6, 6.07) is 8.14. The van der Waals surface area contributed by atoms with Gasteiger partial charge in [0.2, 0.25) is 5.91 Å². The van der Waals surface area contributed by atoms with Crippen molar-refractivity contribution < 1.29 is 9.90 Å². The molecule has 1 amide bonds. The van der Waals surface area contributed by atoms with E-state index in [4.69, 9.17) is 4.98 Å². The molecular formula is C19H27N3O2. The number of likely N-dealkylation sites (tertiary alicyclic amines) is 1. The minimum Gasteiger partial charge on any atom is -0.392 e. The van der Waals surface area contributed by atoms with E-state index in [0.717, 1.165) is 42.8 Å². The van der Waals surface area contributed by atoms with E-state index in [9.17, 15) is 9.90 Å². The molecular weight excluding hydrogens is 302 g/mol. The quantitative estimate of drug-likeness (QED) is 0.917. The number of aryl methyl sites for hydroxylation is 1. The molecule has 2 aromatic rings. The van der Waals surface area contributed by atoms with Crippen LogP contribution in [-0.2, 0) is 11.3 Å². The average molecular weight is 329 g/mol. The molecule has 5 heteroatoms. The number of amides is 1. The first-order chi connectivity index (χ1) is 11.5. The summed E-state index contributed by atoms with van der Waals surface area (Å²) < 4.78 is 2.21. The Morgan fingerprint density at radius 3 is 2.83 bits per heavy atom. The Bertz CT molecular complexity index is 722. The van der Waals surface area contributed by atoms with Gasteiger partial charge in [0.05, 0.1) is 29.6 Å². The predicted molar refractivity (Wildman–Crippen MR) is 94.6 cm³/mol. The molecule has 1 N–H and O–H groups in total. The highest BCUT2D eigenvalue weighted by Gasteiger charge is 2.34. The van der Waals surface area contributed by atoms with Gasteiger partial charge in [-0.2, -0.15) is 0 Å². The molecule has 130 valence electrons. The molecule has 2 heterocycles. The standard InChI is InChI=1S/C19H27N3O2/c1-4-21-15-9-6-5-8-14(15)20-19(21)16-10-7-11-22(16)18(24)12-17(23)13(2)3/h5-6,8-9,13,16-17,23H,4,7,10-12H2,1-3H3. The van der Waals surface area contributed by atoms with Gasteiger partial charge in [-0.15, -0.1) is 0 Å². The maximum absolute atomic E-state index is 12.7. The predicted octanol–water partition coefficient (Wildman–Crippen LogP) is 3.13. The van der Waals surface area contributed by atoms with Crippen molar-refractivity contribution >= 4 is 16.9 Å². The van der Waals surface area contributed by atoms with E-state index < -0.39 is 6.10 Å². The fourth-order valence-corrected chi connectivity index (χ4v) is 3.55. The third-order valence-corrected chi connectivity index (χ3v) is 5.02. The van der Waals surface area contributed by atoms with Crippen LogP contribution in [-0.4, -0.2) is 38.1 Å². The van der Waals surface area contributed by atoms with Crippen molar-refractivity contribution in [3.8, 4) is 0 Å². The van der Waals surface area contributed by atoms with Gasteiger partial charge in [-0.25, -0.2) is 4.98 Å². The van der Waals surface area contributed by atoms with Gasteiger partial charge in [-0.3, -0.25) is 4.79 Å². The maximum Gasteiger partial charge on any atom is 0.225 e. The first kappa shape index (κ1) is 17.0. The number of hydrogen-bond donors (Lipinski definition) is 1. The van der Waals surface area contributed by atoms with Gasteiger partial charge in [0.25, 0.3) is 0 Å².